The molecule has 0 radical (unpaired) electrons. The molecule has 0 saturated heterocycles. The summed E-state index contributed by atoms with van der Waals surface area (Å²) in [6.07, 6.45) is 3.98. The number of nitrogens with zero attached hydrogens (tertiary/aromatic N) is 2. The van der Waals surface area contributed by atoms with E-state index in [4.69, 9.17) is 5.73 Å². The first-order valence-corrected chi connectivity index (χ1v) is 6.21. The summed E-state index contributed by atoms with van der Waals surface area (Å²) in [5, 5.41) is 3.32. The molecule has 0 fully saturated rings. The van der Waals surface area contributed by atoms with Crippen LogP contribution < -0.4 is 11.1 Å². The van der Waals surface area contributed by atoms with Crippen molar-refractivity contribution in [3.63, 3.8) is 0 Å². The number of fused-ring (bicyclic) bond motifs is 1. The predicted octanol–water partition coefficient (Wildman–Crippen LogP) is 2.39. The van der Waals surface area contributed by atoms with Crippen LogP contribution in [0, 0.1) is 6.92 Å². The Morgan fingerprint density at radius 1 is 1.39 bits per heavy atom. The molecule has 18 heavy (non-hydrogen) atoms. The molecule has 3 rings (SSSR count). The van der Waals surface area contributed by atoms with E-state index in [2.05, 4.69) is 21.4 Å². The first-order chi connectivity index (χ1) is 8.75. The molecule has 0 aliphatic carbocycles. The Bertz CT molecular complexity index is 592. The van der Waals surface area contributed by atoms with Crippen LogP contribution >= 0.6 is 0 Å². The summed E-state index contributed by atoms with van der Waals surface area (Å²) in [5.41, 5.74) is 11.2. The summed E-state index contributed by atoms with van der Waals surface area (Å²) in [7, 11) is 0. The number of nitrogen functional groups attached to an aromatic ring is 1. The van der Waals surface area contributed by atoms with Gasteiger partial charge in [-0.15, -0.1) is 0 Å². The summed E-state index contributed by atoms with van der Waals surface area (Å²) in [6, 6.07) is 6.08. The third-order valence-electron chi connectivity index (χ3n) is 3.31. The molecule has 0 amide bonds. The van der Waals surface area contributed by atoms with Gasteiger partial charge in [0.05, 0.1) is 17.1 Å². The SMILES string of the molecule is Cc1cccnc1-c1cc2c(c(N)n1)NCCC2. The van der Waals surface area contributed by atoms with E-state index in [1.807, 2.05) is 19.1 Å². The number of nitrogens with one attached hydrogen (secondary N) is 1. The number of hydrogen-bond acceptors (Lipinski definition) is 4. The first-order valence-electron chi connectivity index (χ1n) is 6.21. The number of hydrogen-bond donors (Lipinski definition) is 2. The summed E-state index contributed by atoms with van der Waals surface area (Å²) in [4.78, 5) is 8.87. The molecule has 1 aliphatic rings. The van der Waals surface area contributed by atoms with Crippen LogP contribution in [0.4, 0.5) is 11.5 Å². The number of anilines is 2. The maximum atomic E-state index is 6.03. The lowest BCUT2D eigenvalue weighted by Crippen LogP contribution is -2.15. The molecule has 0 unspecified atom stereocenters. The normalized spacial score (nSPS) is 13.8. The topological polar surface area (TPSA) is 63.8 Å². The lowest BCUT2D eigenvalue weighted by atomic mass is 10.0. The lowest BCUT2D eigenvalue weighted by Gasteiger charge is -2.20. The number of rotatable bonds is 1. The third-order valence-corrected chi connectivity index (χ3v) is 3.31. The van der Waals surface area contributed by atoms with Gasteiger partial charge in [0.25, 0.3) is 0 Å². The number of nitrogens with two attached hydrogens (primary N) is 1. The minimum Gasteiger partial charge on any atom is -0.382 e. The van der Waals surface area contributed by atoms with Crippen molar-refractivity contribution in [1.82, 2.24) is 9.97 Å². The van der Waals surface area contributed by atoms with E-state index in [9.17, 15) is 0 Å². The Morgan fingerprint density at radius 3 is 3.11 bits per heavy atom. The van der Waals surface area contributed by atoms with Crippen molar-refractivity contribution in [2.45, 2.75) is 19.8 Å². The standard InChI is InChI=1S/C14H16N4/c1-9-4-2-6-16-12(9)11-8-10-5-3-7-17-13(10)14(15)18-11/h2,4,6,8,17H,3,5,7H2,1H3,(H2,15,18). The van der Waals surface area contributed by atoms with E-state index < -0.39 is 0 Å². The molecule has 0 bridgehead atoms. The fraction of sp³-hybridized carbons (Fsp3) is 0.286. The van der Waals surface area contributed by atoms with Crippen LogP contribution in [0.1, 0.15) is 17.5 Å². The van der Waals surface area contributed by atoms with Crippen molar-refractivity contribution in [3.8, 4) is 11.4 Å². The Morgan fingerprint density at radius 2 is 2.28 bits per heavy atom. The molecule has 2 aromatic rings. The zero-order valence-electron chi connectivity index (χ0n) is 10.4. The smallest absolute Gasteiger partial charge is 0.147 e. The van der Waals surface area contributed by atoms with Crippen molar-refractivity contribution in [2.24, 2.45) is 0 Å². The van der Waals surface area contributed by atoms with Gasteiger partial charge in [0.1, 0.15) is 5.82 Å². The Hall–Kier alpha value is -2.10. The van der Waals surface area contributed by atoms with Crippen molar-refractivity contribution in [2.75, 3.05) is 17.6 Å². The van der Waals surface area contributed by atoms with Gasteiger partial charge in [-0.2, -0.15) is 0 Å². The predicted molar refractivity (Wildman–Crippen MR) is 73.4 cm³/mol. The molecule has 0 saturated carbocycles. The average molecular weight is 240 g/mol. The van der Waals surface area contributed by atoms with Gasteiger partial charge in [0, 0.05) is 12.7 Å². The van der Waals surface area contributed by atoms with Crippen LogP contribution in [0.25, 0.3) is 11.4 Å². The fourth-order valence-corrected chi connectivity index (χ4v) is 2.39. The second-order valence-electron chi connectivity index (χ2n) is 4.63. The molecule has 0 atom stereocenters. The van der Waals surface area contributed by atoms with Gasteiger partial charge < -0.3 is 11.1 Å². The Balaban J connectivity index is 2.14. The second-order valence-corrected chi connectivity index (χ2v) is 4.63. The van der Waals surface area contributed by atoms with Crippen LogP contribution in [0.2, 0.25) is 0 Å². The maximum absolute atomic E-state index is 6.03. The molecule has 2 aromatic heterocycles. The summed E-state index contributed by atoms with van der Waals surface area (Å²) < 4.78 is 0. The van der Waals surface area contributed by atoms with Gasteiger partial charge in [0.2, 0.25) is 0 Å². The van der Waals surface area contributed by atoms with Gasteiger partial charge in [-0.1, -0.05) is 6.07 Å². The molecule has 4 heteroatoms. The molecule has 3 heterocycles. The van der Waals surface area contributed by atoms with Gasteiger partial charge in [-0.3, -0.25) is 4.98 Å². The van der Waals surface area contributed by atoms with E-state index >= 15 is 0 Å². The molecule has 3 N–H and O–H groups in total. The van der Waals surface area contributed by atoms with Crippen LogP contribution in [0.15, 0.2) is 24.4 Å². The maximum Gasteiger partial charge on any atom is 0.147 e. The summed E-state index contributed by atoms with van der Waals surface area (Å²) in [5.74, 6) is 0.576. The molecule has 92 valence electrons. The molecule has 0 aromatic carbocycles. The van der Waals surface area contributed by atoms with Gasteiger partial charge >= 0.3 is 0 Å². The monoisotopic (exact) mass is 240 g/mol. The second kappa shape index (κ2) is 4.29. The number of aryl methyl sites for hydroxylation is 2. The Kier molecular flexibility index (Phi) is 2.63. The molecular weight excluding hydrogens is 224 g/mol. The summed E-state index contributed by atoms with van der Waals surface area (Å²) >= 11 is 0. The highest BCUT2D eigenvalue weighted by Crippen LogP contribution is 2.31. The highest BCUT2D eigenvalue weighted by molar-refractivity contribution is 5.73. The van der Waals surface area contributed by atoms with Crippen molar-refractivity contribution in [1.29, 1.82) is 0 Å². The van der Waals surface area contributed by atoms with Gasteiger partial charge in [-0.05, 0) is 43.0 Å². The van der Waals surface area contributed by atoms with Crippen LogP contribution in [-0.4, -0.2) is 16.5 Å². The Labute approximate surface area is 106 Å². The minimum absolute atomic E-state index is 0.576. The molecule has 0 spiro atoms. The van der Waals surface area contributed by atoms with Crippen molar-refractivity contribution < 1.29 is 0 Å². The van der Waals surface area contributed by atoms with Gasteiger partial charge in [-0.25, -0.2) is 4.98 Å². The number of pyridine rings is 2. The lowest BCUT2D eigenvalue weighted by molar-refractivity contribution is 0.828. The van der Waals surface area contributed by atoms with E-state index in [0.717, 1.165) is 42.0 Å². The van der Waals surface area contributed by atoms with E-state index in [1.165, 1.54) is 5.56 Å². The fourth-order valence-electron chi connectivity index (χ4n) is 2.39. The highest BCUT2D eigenvalue weighted by Gasteiger charge is 2.15. The first kappa shape index (κ1) is 11.0. The highest BCUT2D eigenvalue weighted by atomic mass is 15.0. The minimum atomic E-state index is 0.576. The zero-order valence-corrected chi connectivity index (χ0v) is 10.4. The third kappa shape index (κ3) is 1.79. The van der Waals surface area contributed by atoms with Crippen LogP contribution in [0.3, 0.4) is 0 Å². The number of aromatic nitrogens is 2. The van der Waals surface area contributed by atoms with Gasteiger partial charge in [0.15, 0.2) is 0 Å². The average Bonchev–Trinajstić information content (AvgIpc) is 2.39. The largest absolute Gasteiger partial charge is 0.382 e. The zero-order chi connectivity index (χ0) is 12.5. The van der Waals surface area contributed by atoms with Crippen molar-refractivity contribution >= 4 is 11.5 Å². The van der Waals surface area contributed by atoms with Crippen LogP contribution in [-0.2, 0) is 6.42 Å². The summed E-state index contributed by atoms with van der Waals surface area (Å²) in [6.45, 7) is 3.01. The van der Waals surface area contributed by atoms with Crippen LogP contribution in [0.5, 0.6) is 0 Å². The molecule has 4 nitrogen and oxygen atoms in total. The quantitative estimate of drug-likeness (QED) is 0.803. The molecule has 1 aliphatic heterocycles. The van der Waals surface area contributed by atoms with E-state index in [0.29, 0.717) is 5.82 Å². The van der Waals surface area contributed by atoms with Crippen molar-refractivity contribution in [3.05, 3.63) is 35.5 Å². The van der Waals surface area contributed by atoms with E-state index in [1.54, 1.807) is 6.20 Å². The van der Waals surface area contributed by atoms with E-state index in [-0.39, 0.29) is 0 Å². The molecular formula is C14H16N4.